The van der Waals surface area contributed by atoms with Crippen LogP contribution in [0.4, 0.5) is 35.1 Å². The van der Waals surface area contributed by atoms with Gasteiger partial charge in [-0.1, -0.05) is 97.1 Å². The largest absolute Gasteiger partial charge is 0.380 e. The van der Waals surface area contributed by atoms with Gasteiger partial charge in [0.15, 0.2) is 46.5 Å². The molecule has 0 aliphatic heterocycles. The topological polar surface area (TPSA) is 242 Å². The Hall–Kier alpha value is -14.2. The molecule has 17 rings (SSSR count). The van der Waals surface area contributed by atoms with E-state index in [4.69, 9.17) is 19.4 Å². The lowest BCUT2D eigenvalue weighted by atomic mass is 9.85. The maximum atomic E-state index is 15.4. The number of rotatable bonds is 18. The van der Waals surface area contributed by atoms with Gasteiger partial charge in [-0.3, -0.25) is 40.6 Å². The Bertz CT molecular complexity index is 5880. The van der Waals surface area contributed by atoms with Crippen LogP contribution in [0.15, 0.2) is 219 Å². The molecule has 116 heavy (non-hydrogen) atoms. The van der Waals surface area contributed by atoms with E-state index in [0.717, 1.165) is 183 Å². The number of hydrogen-bond donors (Lipinski definition) is 6. The normalized spacial score (nSPS) is 11.2. The van der Waals surface area contributed by atoms with E-state index in [0.29, 0.717) is 0 Å². The van der Waals surface area contributed by atoms with Gasteiger partial charge in [0.2, 0.25) is 0 Å². The molecule has 26 heteroatoms. The van der Waals surface area contributed by atoms with E-state index in [1.165, 1.54) is 14.2 Å². The fraction of sp³-hybridized carbons (Fsp3) is 0.111. The molecule has 578 valence electrons. The molecule has 8 aromatic carbocycles. The summed E-state index contributed by atoms with van der Waals surface area (Å²) in [5.74, 6) is -14.1. The van der Waals surface area contributed by atoms with Crippen LogP contribution in [-0.4, -0.2) is 95.3 Å². The van der Waals surface area contributed by atoms with E-state index >= 15 is 35.1 Å². The predicted molar refractivity (Wildman–Crippen MR) is 429 cm³/mol. The average molecular weight is 1560 g/mol. The monoisotopic (exact) mass is 1560 g/mol. The number of aromatic nitrogens is 16. The number of aryl methyl sites for hydroxylation is 6. The minimum absolute atomic E-state index is 0.226. The van der Waals surface area contributed by atoms with Crippen LogP contribution < -0.4 is 0 Å². The number of pyridine rings is 2. The Kier molecular flexibility index (Phi) is 22.1. The highest BCUT2D eigenvalue weighted by Crippen LogP contribution is 2.46. The molecule has 0 saturated heterocycles. The zero-order valence-corrected chi connectivity index (χ0v) is 63.5. The van der Waals surface area contributed by atoms with Crippen molar-refractivity contribution in [2.75, 3.05) is 14.2 Å². The van der Waals surface area contributed by atoms with Crippen molar-refractivity contribution in [1.29, 1.82) is 0 Å². The first-order chi connectivity index (χ1) is 56.2. The summed E-state index contributed by atoms with van der Waals surface area (Å²) in [6.07, 6.45) is 9.44. The van der Waals surface area contributed by atoms with Crippen LogP contribution in [0, 0.1) is 88.1 Å². The second-order valence-corrected chi connectivity index (χ2v) is 27.5. The molecule has 0 spiro atoms. The van der Waals surface area contributed by atoms with Gasteiger partial charge >= 0.3 is 0 Å². The maximum absolute atomic E-state index is 15.4. The van der Waals surface area contributed by atoms with Crippen molar-refractivity contribution in [2.24, 2.45) is 0 Å². The van der Waals surface area contributed by atoms with Crippen molar-refractivity contribution >= 4 is 0 Å². The summed E-state index contributed by atoms with van der Waals surface area (Å²) in [6.45, 7) is 11.2. The van der Waals surface area contributed by atoms with Gasteiger partial charge in [-0.15, -0.1) is 0 Å². The van der Waals surface area contributed by atoms with Gasteiger partial charge in [-0.25, -0.2) is 45.1 Å². The fourth-order valence-corrected chi connectivity index (χ4v) is 14.3. The lowest BCUT2D eigenvalue weighted by Crippen LogP contribution is -2.09. The quantitative estimate of drug-likeness (QED) is 0.0347. The van der Waals surface area contributed by atoms with E-state index in [1.807, 2.05) is 50.5 Å². The smallest absolute Gasteiger partial charge is 0.172 e. The van der Waals surface area contributed by atoms with Crippen molar-refractivity contribution in [2.45, 2.75) is 54.8 Å². The molecule has 0 radical (unpaired) electrons. The average Bonchev–Trinajstić information content (AvgIpc) is 0.890. The summed E-state index contributed by atoms with van der Waals surface area (Å²) in [5.41, 5.74) is 20.6. The maximum Gasteiger partial charge on any atom is 0.172 e. The standard InChI is InChI=1S/C38H32N6.C28H18F8N4O2.C24H20N6/c1-23-17-31(18-24(2)41-23)35-21-34(28-7-11-30(12-8-28)38-14-16-40-44-38)36(32-19-25(3)42-26(4)20-32)22-33(35)27-5-9-29(10-6-27)37-13-15-39-43-37;1-41-9-11-7-14(18-23(31)27(35)20(28(36)24(18)32)16-4-6-38-40-16)12(10-42-2)8-13(11)17-21(29)25(33)19(26(34)22(17)30)15-3-5-37-39-15;1-15-23(19-7-3-17(4-8-19)21-11-13-25-29-21)28-16(2)24(27-15)20-9-5-18(6-10-20)22-12-14-26-30-22/h5-22H,1-4H3,(H,39,43)(H,40,44);3-8H,9-10H2,1-2H3,(H,37,39)(H,38,40);3-14H,1-2H3,(H,25,29)(H,26,30). The highest BCUT2D eigenvalue weighted by Gasteiger charge is 2.33. The summed E-state index contributed by atoms with van der Waals surface area (Å²) in [4.78, 5) is 19.1. The molecule has 0 atom stereocenters. The Morgan fingerprint density at radius 3 is 0.853 bits per heavy atom. The number of ether oxygens (including phenoxy) is 2. The van der Waals surface area contributed by atoms with E-state index in [1.54, 1.807) is 12.4 Å². The number of nitrogens with one attached hydrogen (secondary N) is 6. The Labute approximate surface area is 659 Å². The van der Waals surface area contributed by atoms with E-state index < -0.39 is 93.1 Å². The van der Waals surface area contributed by atoms with Crippen molar-refractivity contribution in [3.8, 4) is 157 Å². The molecular weight excluding hydrogens is 1490 g/mol. The second kappa shape index (κ2) is 33.2. The summed E-state index contributed by atoms with van der Waals surface area (Å²) < 4.78 is 132. The summed E-state index contributed by atoms with van der Waals surface area (Å²) in [5, 5.41) is 40.1. The van der Waals surface area contributed by atoms with Crippen molar-refractivity contribution < 1.29 is 44.6 Å². The zero-order chi connectivity index (χ0) is 81.0. The van der Waals surface area contributed by atoms with Crippen LogP contribution in [0.2, 0.25) is 0 Å². The number of hydrogen-bond acceptors (Lipinski definition) is 12. The van der Waals surface area contributed by atoms with Crippen LogP contribution in [0.5, 0.6) is 0 Å². The Balaban J connectivity index is 0.000000139. The van der Waals surface area contributed by atoms with Gasteiger partial charge in [-0.2, -0.15) is 30.6 Å². The van der Waals surface area contributed by atoms with Crippen molar-refractivity contribution in [1.82, 2.24) is 81.1 Å². The number of aromatic amines is 6. The number of halogens is 8. The lowest BCUT2D eigenvalue weighted by molar-refractivity contribution is 0.183. The summed E-state index contributed by atoms with van der Waals surface area (Å²) in [7, 11) is 2.34. The molecular formula is C90H70F8N16O2. The third-order valence-electron chi connectivity index (χ3n) is 19.6. The molecule has 6 N–H and O–H groups in total. The first-order valence-corrected chi connectivity index (χ1v) is 36.4. The number of methoxy groups -OCH3 is 2. The predicted octanol–water partition coefficient (Wildman–Crippen LogP) is 21.6. The van der Waals surface area contributed by atoms with Crippen LogP contribution in [0.3, 0.4) is 0 Å². The Morgan fingerprint density at radius 1 is 0.276 bits per heavy atom. The van der Waals surface area contributed by atoms with Gasteiger partial charge in [0, 0.05) is 96.4 Å². The van der Waals surface area contributed by atoms with Gasteiger partial charge in [-0.05, 0) is 204 Å². The van der Waals surface area contributed by atoms with Crippen molar-refractivity contribution in [3.63, 3.8) is 0 Å². The molecule has 0 fully saturated rings. The third kappa shape index (κ3) is 15.6. The molecule has 0 bridgehead atoms. The number of benzene rings is 8. The molecule has 0 unspecified atom stereocenters. The lowest BCUT2D eigenvalue weighted by Gasteiger charge is -2.20. The highest BCUT2D eigenvalue weighted by atomic mass is 19.2. The van der Waals surface area contributed by atoms with Crippen LogP contribution >= 0.6 is 0 Å². The van der Waals surface area contributed by atoms with E-state index in [2.05, 4.69) is 232 Å². The Morgan fingerprint density at radius 2 is 0.560 bits per heavy atom. The van der Waals surface area contributed by atoms with Crippen LogP contribution in [0.1, 0.15) is 45.3 Å². The van der Waals surface area contributed by atoms with Crippen molar-refractivity contribution in [3.05, 3.63) is 311 Å². The van der Waals surface area contributed by atoms with E-state index in [9.17, 15) is 0 Å². The summed E-state index contributed by atoms with van der Waals surface area (Å²) in [6, 6.07) is 59.3. The van der Waals surface area contributed by atoms with Crippen LogP contribution in [0.25, 0.3) is 157 Å². The molecule has 0 aliphatic carbocycles. The molecule has 17 aromatic rings. The highest BCUT2D eigenvalue weighted by molar-refractivity contribution is 5.96. The minimum Gasteiger partial charge on any atom is -0.380 e. The molecule has 18 nitrogen and oxygen atoms in total. The van der Waals surface area contributed by atoms with Gasteiger partial charge < -0.3 is 9.47 Å². The molecule has 0 saturated carbocycles. The second-order valence-electron chi connectivity index (χ2n) is 27.5. The van der Waals surface area contributed by atoms with Gasteiger partial charge in [0.25, 0.3) is 0 Å². The fourth-order valence-electron chi connectivity index (χ4n) is 14.3. The molecule has 9 aromatic heterocycles. The van der Waals surface area contributed by atoms with E-state index in [-0.39, 0.29) is 22.5 Å². The molecule has 0 amide bonds. The SMILES string of the molecule is COCc1cc(-c2c(F)c(F)c(-c3ccn[nH]3)c(F)c2F)c(COC)cc1-c1c(F)c(F)c(-c2ccn[nH]2)c(F)c1F.Cc1cc(-c2cc(-c3ccc(-c4cc[nH]n4)cc3)c(-c3cc(C)nc(C)c3)cc2-c2ccc(-c3cc[nH]n3)cc2)cc(C)n1.Cc1nc(-c2ccc(-c3ccn[nH]3)cc2)c(C)nc1-c1ccc(-c2ccn[nH]2)cc1. The molecule has 9 heterocycles. The zero-order valence-electron chi connectivity index (χ0n) is 63.5. The number of nitrogens with zero attached hydrogens (tertiary/aromatic N) is 10. The minimum atomic E-state index is -1.79. The van der Waals surface area contributed by atoms with Gasteiger partial charge in [0.1, 0.15) is 0 Å². The first kappa shape index (κ1) is 77.1. The van der Waals surface area contributed by atoms with Crippen LogP contribution in [-0.2, 0) is 22.7 Å². The molecule has 0 aliphatic rings. The summed E-state index contributed by atoms with van der Waals surface area (Å²) >= 11 is 0. The first-order valence-electron chi connectivity index (χ1n) is 36.4. The van der Waals surface area contributed by atoms with Gasteiger partial charge in [0.05, 0.1) is 92.4 Å². The third-order valence-corrected chi connectivity index (χ3v) is 19.6. The number of H-pyrrole nitrogens is 6.